The van der Waals surface area contributed by atoms with Gasteiger partial charge in [-0.15, -0.1) is 0 Å². The minimum Gasteiger partial charge on any atom is -0.354 e. The monoisotopic (exact) mass is 267 g/mol. The van der Waals surface area contributed by atoms with E-state index in [1.807, 2.05) is 6.92 Å². The van der Waals surface area contributed by atoms with E-state index in [0.29, 0.717) is 24.3 Å². The Hall–Kier alpha value is -2.11. The van der Waals surface area contributed by atoms with Crippen LogP contribution in [0.2, 0.25) is 0 Å². The van der Waals surface area contributed by atoms with Gasteiger partial charge in [0.2, 0.25) is 5.95 Å². The molecule has 0 amide bonds. The van der Waals surface area contributed by atoms with Gasteiger partial charge in [0.1, 0.15) is 5.82 Å². The van der Waals surface area contributed by atoms with Crippen LogP contribution in [0.25, 0.3) is 11.3 Å². The normalized spacial score (nSPS) is 10.6. The van der Waals surface area contributed by atoms with Crippen LogP contribution in [-0.4, -0.2) is 16.5 Å². The van der Waals surface area contributed by atoms with Gasteiger partial charge in [-0.05, 0) is 26.0 Å². The van der Waals surface area contributed by atoms with Gasteiger partial charge in [0.05, 0.1) is 5.69 Å². The Morgan fingerprint density at radius 3 is 2.37 bits per heavy atom. The highest BCUT2D eigenvalue weighted by Crippen LogP contribution is 2.24. The summed E-state index contributed by atoms with van der Waals surface area (Å²) in [6.07, 6.45) is 0. The van der Waals surface area contributed by atoms with Crippen molar-refractivity contribution in [2.45, 2.75) is 13.8 Å². The van der Waals surface area contributed by atoms with Gasteiger partial charge in [0.15, 0.2) is 11.6 Å². The highest BCUT2D eigenvalue weighted by atomic mass is 19.2. The van der Waals surface area contributed by atoms with Crippen molar-refractivity contribution in [2.75, 3.05) is 11.9 Å². The minimum absolute atomic E-state index is 0.0939. The number of hydrogen-bond donors (Lipinski definition) is 1. The smallest absolute Gasteiger partial charge is 0.223 e. The Morgan fingerprint density at radius 2 is 1.68 bits per heavy atom. The molecule has 0 unspecified atom stereocenters. The summed E-state index contributed by atoms with van der Waals surface area (Å²) in [4.78, 5) is 8.18. The van der Waals surface area contributed by atoms with Gasteiger partial charge < -0.3 is 5.32 Å². The number of hydrogen-bond acceptors (Lipinski definition) is 3. The second-order valence-corrected chi connectivity index (χ2v) is 3.99. The highest BCUT2D eigenvalue weighted by Gasteiger charge is 2.14. The van der Waals surface area contributed by atoms with E-state index in [1.165, 1.54) is 6.07 Å². The Bertz CT molecular complexity index is 614. The fourth-order valence-corrected chi connectivity index (χ4v) is 1.66. The molecule has 1 heterocycles. The van der Waals surface area contributed by atoms with Gasteiger partial charge in [-0.25, -0.2) is 23.1 Å². The molecule has 0 bridgehead atoms. The fourth-order valence-electron chi connectivity index (χ4n) is 1.66. The molecule has 0 saturated heterocycles. The van der Waals surface area contributed by atoms with Crippen molar-refractivity contribution in [3.05, 3.63) is 41.3 Å². The summed E-state index contributed by atoms with van der Waals surface area (Å²) in [5.41, 5.74) is 0.716. The van der Waals surface area contributed by atoms with Gasteiger partial charge in [0.25, 0.3) is 0 Å². The number of nitrogens with one attached hydrogen (secondary N) is 1. The first-order valence-electron chi connectivity index (χ1n) is 5.75. The Balaban J connectivity index is 2.55. The van der Waals surface area contributed by atoms with Crippen molar-refractivity contribution >= 4 is 5.95 Å². The maximum absolute atomic E-state index is 13.7. The quantitative estimate of drug-likeness (QED) is 0.867. The van der Waals surface area contributed by atoms with Crippen molar-refractivity contribution in [1.82, 2.24) is 9.97 Å². The molecule has 0 radical (unpaired) electrons. The van der Waals surface area contributed by atoms with Gasteiger partial charge in [-0.3, -0.25) is 0 Å². The summed E-state index contributed by atoms with van der Waals surface area (Å²) in [6, 6.07) is 2.81. The second-order valence-electron chi connectivity index (χ2n) is 3.99. The van der Waals surface area contributed by atoms with Crippen molar-refractivity contribution in [2.24, 2.45) is 0 Å². The van der Waals surface area contributed by atoms with Gasteiger partial charge in [-0.2, -0.15) is 0 Å². The number of nitrogens with zero attached hydrogens (tertiary/aromatic N) is 2. The molecule has 0 saturated carbocycles. The predicted octanol–water partition coefficient (Wildman–Crippen LogP) is 3.30. The molecule has 100 valence electrons. The summed E-state index contributed by atoms with van der Waals surface area (Å²) >= 11 is 0. The molecule has 0 fully saturated rings. The van der Waals surface area contributed by atoms with E-state index in [-0.39, 0.29) is 11.3 Å². The Labute approximate surface area is 108 Å². The molecule has 0 aliphatic heterocycles. The summed E-state index contributed by atoms with van der Waals surface area (Å²) in [7, 11) is 0. The van der Waals surface area contributed by atoms with Gasteiger partial charge in [-0.1, -0.05) is 0 Å². The van der Waals surface area contributed by atoms with Crippen LogP contribution in [0.4, 0.5) is 19.1 Å². The standard InChI is InChI=1S/C13H12F3N3/c1-3-17-13-18-7(2)4-12(19-13)8-5-10(15)11(16)6-9(8)14/h4-6H,3H2,1-2H3,(H,17,18,19). The van der Waals surface area contributed by atoms with Crippen molar-refractivity contribution in [3.63, 3.8) is 0 Å². The summed E-state index contributed by atoms with van der Waals surface area (Å²) in [5.74, 6) is -2.88. The van der Waals surface area contributed by atoms with Gasteiger partial charge in [0, 0.05) is 23.9 Å². The van der Waals surface area contributed by atoms with E-state index in [2.05, 4.69) is 15.3 Å². The molecule has 1 aromatic heterocycles. The number of rotatable bonds is 3. The molecule has 6 heteroatoms. The van der Waals surface area contributed by atoms with Gasteiger partial charge >= 0.3 is 0 Å². The van der Waals surface area contributed by atoms with Crippen molar-refractivity contribution in [3.8, 4) is 11.3 Å². The molecule has 1 aromatic carbocycles. The lowest BCUT2D eigenvalue weighted by Crippen LogP contribution is -2.04. The van der Waals surface area contributed by atoms with Crippen LogP contribution >= 0.6 is 0 Å². The number of aryl methyl sites for hydroxylation is 1. The van der Waals surface area contributed by atoms with Crippen LogP contribution in [0.3, 0.4) is 0 Å². The van der Waals surface area contributed by atoms with Crippen LogP contribution in [0.15, 0.2) is 18.2 Å². The van der Waals surface area contributed by atoms with Crippen LogP contribution in [0.1, 0.15) is 12.6 Å². The first-order valence-corrected chi connectivity index (χ1v) is 5.75. The number of benzene rings is 1. The molecular weight excluding hydrogens is 255 g/mol. The molecular formula is C13H12F3N3. The van der Waals surface area contributed by atoms with E-state index in [0.717, 1.165) is 6.07 Å². The van der Waals surface area contributed by atoms with Crippen LogP contribution in [0, 0.1) is 24.4 Å². The van der Waals surface area contributed by atoms with Crippen LogP contribution < -0.4 is 5.32 Å². The second kappa shape index (κ2) is 5.26. The first-order chi connectivity index (χ1) is 9.01. The van der Waals surface area contributed by atoms with E-state index in [1.54, 1.807) is 6.92 Å². The lowest BCUT2D eigenvalue weighted by atomic mass is 10.1. The lowest BCUT2D eigenvalue weighted by Gasteiger charge is -2.08. The third-order valence-corrected chi connectivity index (χ3v) is 2.48. The molecule has 0 aliphatic rings. The van der Waals surface area contributed by atoms with E-state index < -0.39 is 17.5 Å². The molecule has 2 rings (SSSR count). The maximum Gasteiger partial charge on any atom is 0.223 e. The van der Waals surface area contributed by atoms with Crippen molar-refractivity contribution < 1.29 is 13.2 Å². The third-order valence-electron chi connectivity index (χ3n) is 2.48. The number of anilines is 1. The fraction of sp³-hybridized carbons (Fsp3) is 0.231. The first kappa shape index (κ1) is 13.3. The maximum atomic E-state index is 13.7. The van der Waals surface area contributed by atoms with Crippen LogP contribution in [0.5, 0.6) is 0 Å². The van der Waals surface area contributed by atoms with E-state index in [9.17, 15) is 13.2 Å². The highest BCUT2D eigenvalue weighted by molar-refractivity contribution is 5.61. The number of aromatic nitrogens is 2. The zero-order valence-corrected chi connectivity index (χ0v) is 10.5. The SMILES string of the molecule is CCNc1nc(C)cc(-c2cc(F)c(F)cc2F)n1. The molecule has 0 aliphatic carbocycles. The number of halogens is 3. The minimum atomic E-state index is -1.22. The van der Waals surface area contributed by atoms with Crippen molar-refractivity contribution in [1.29, 1.82) is 0 Å². The molecule has 0 spiro atoms. The van der Waals surface area contributed by atoms with E-state index in [4.69, 9.17) is 0 Å². The summed E-state index contributed by atoms with van der Waals surface area (Å²) in [5, 5.41) is 2.89. The summed E-state index contributed by atoms with van der Waals surface area (Å²) in [6.45, 7) is 4.18. The van der Waals surface area contributed by atoms with E-state index >= 15 is 0 Å². The average Bonchev–Trinajstić information content (AvgIpc) is 2.33. The zero-order valence-electron chi connectivity index (χ0n) is 10.5. The average molecular weight is 267 g/mol. The Morgan fingerprint density at radius 1 is 1.00 bits per heavy atom. The molecule has 19 heavy (non-hydrogen) atoms. The zero-order chi connectivity index (χ0) is 14.0. The molecule has 3 nitrogen and oxygen atoms in total. The Kier molecular flexibility index (Phi) is 3.69. The molecule has 0 atom stereocenters. The molecule has 2 aromatic rings. The van der Waals surface area contributed by atoms with Crippen LogP contribution in [-0.2, 0) is 0 Å². The topological polar surface area (TPSA) is 37.8 Å². The summed E-state index contributed by atoms with van der Waals surface area (Å²) < 4.78 is 39.8. The third kappa shape index (κ3) is 2.83. The molecule has 1 N–H and O–H groups in total. The largest absolute Gasteiger partial charge is 0.354 e. The predicted molar refractivity (Wildman–Crippen MR) is 66.2 cm³/mol. The lowest BCUT2D eigenvalue weighted by molar-refractivity contribution is 0.496.